The summed E-state index contributed by atoms with van der Waals surface area (Å²) in [5, 5.41) is 13.4. The van der Waals surface area contributed by atoms with Gasteiger partial charge < -0.3 is 20.2 Å². The molecule has 1 aliphatic heterocycles. The Hall–Kier alpha value is -1.26. The van der Waals surface area contributed by atoms with Gasteiger partial charge in [-0.05, 0) is 25.1 Å². The Morgan fingerprint density at radius 1 is 1.26 bits per heavy atom. The number of hydrogen-bond donors (Lipinski definition) is 2. The third kappa shape index (κ3) is 3.61. The molecule has 0 fully saturated rings. The maximum absolute atomic E-state index is 10.1. The van der Waals surface area contributed by atoms with Crippen molar-refractivity contribution in [2.24, 2.45) is 0 Å². The van der Waals surface area contributed by atoms with Gasteiger partial charge in [-0.1, -0.05) is 19.1 Å². The highest BCUT2D eigenvalue weighted by Crippen LogP contribution is 2.31. The molecule has 19 heavy (non-hydrogen) atoms. The fraction of sp³-hybridized carbons (Fsp3) is 0.600. The van der Waals surface area contributed by atoms with Crippen molar-refractivity contribution in [3.05, 3.63) is 24.3 Å². The zero-order valence-corrected chi connectivity index (χ0v) is 12.0. The van der Waals surface area contributed by atoms with Gasteiger partial charge in [0.25, 0.3) is 0 Å². The third-order valence-electron chi connectivity index (χ3n) is 3.58. The Labute approximate surface area is 116 Å². The first-order chi connectivity index (χ1) is 9.22. The number of aliphatic hydroxyl groups is 1. The molecule has 1 atom stereocenters. The van der Waals surface area contributed by atoms with Crippen molar-refractivity contribution in [1.82, 2.24) is 5.32 Å². The SMILES string of the molecule is CCCNCC(O)CN1CCN(C)c2ccccc21. The molecule has 0 bridgehead atoms. The van der Waals surface area contributed by atoms with E-state index in [2.05, 4.69) is 53.4 Å². The smallest absolute Gasteiger partial charge is 0.0839 e. The van der Waals surface area contributed by atoms with Crippen molar-refractivity contribution in [3.8, 4) is 0 Å². The summed E-state index contributed by atoms with van der Waals surface area (Å²) in [6.45, 7) is 6.45. The minimum atomic E-state index is -0.317. The van der Waals surface area contributed by atoms with Crippen LogP contribution in [0.5, 0.6) is 0 Å². The molecule has 1 heterocycles. The van der Waals surface area contributed by atoms with Crippen molar-refractivity contribution < 1.29 is 5.11 Å². The number of nitrogens with zero attached hydrogens (tertiary/aromatic N) is 2. The number of likely N-dealkylation sites (N-methyl/N-ethyl adjacent to an activating group) is 1. The van der Waals surface area contributed by atoms with Gasteiger partial charge in [-0.25, -0.2) is 0 Å². The topological polar surface area (TPSA) is 38.7 Å². The summed E-state index contributed by atoms with van der Waals surface area (Å²) in [4.78, 5) is 4.56. The average Bonchev–Trinajstić information content (AvgIpc) is 2.43. The minimum Gasteiger partial charge on any atom is -0.390 e. The molecule has 0 aliphatic carbocycles. The van der Waals surface area contributed by atoms with E-state index in [-0.39, 0.29) is 6.10 Å². The van der Waals surface area contributed by atoms with Gasteiger partial charge in [0.05, 0.1) is 17.5 Å². The normalized spacial score (nSPS) is 16.4. The summed E-state index contributed by atoms with van der Waals surface area (Å²) in [5.74, 6) is 0. The van der Waals surface area contributed by atoms with Gasteiger partial charge in [0.1, 0.15) is 0 Å². The highest BCUT2D eigenvalue weighted by atomic mass is 16.3. The molecule has 2 rings (SSSR count). The van der Waals surface area contributed by atoms with Gasteiger partial charge in [-0.2, -0.15) is 0 Å². The van der Waals surface area contributed by atoms with E-state index in [1.807, 2.05) is 0 Å². The molecular weight excluding hydrogens is 238 g/mol. The minimum absolute atomic E-state index is 0.317. The van der Waals surface area contributed by atoms with E-state index in [0.29, 0.717) is 13.1 Å². The van der Waals surface area contributed by atoms with Crippen LogP contribution in [0.4, 0.5) is 11.4 Å². The number of benzene rings is 1. The molecule has 1 unspecified atom stereocenters. The molecule has 106 valence electrons. The number of aliphatic hydroxyl groups excluding tert-OH is 1. The van der Waals surface area contributed by atoms with Crippen LogP contribution < -0.4 is 15.1 Å². The number of nitrogens with one attached hydrogen (secondary N) is 1. The van der Waals surface area contributed by atoms with Gasteiger partial charge in [0.15, 0.2) is 0 Å². The zero-order valence-electron chi connectivity index (χ0n) is 12.0. The predicted octanol–water partition coefficient (Wildman–Crippen LogP) is 1.30. The van der Waals surface area contributed by atoms with Gasteiger partial charge >= 0.3 is 0 Å². The van der Waals surface area contributed by atoms with E-state index in [9.17, 15) is 5.11 Å². The lowest BCUT2D eigenvalue weighted by Crippen LogP contribution is -2.45. The third-order valence-corrected chi connectivity index (χ3v) is 3.58. The summed E-state index contributed by atoms with van der Waals surface area (Å²) >= 11 is 0. The van der Waals surface area contributed by atoms with Gasteiger partial charge in [0.2, 0.25) is 0 Å². The molecule has 0 saturated heterocycles. The predicted molar refractivity (Wildman–Crippen MR) is 81.1 cm³/mol. The number of para-hydroxylation sites is 2. The first-order valence-corrected chi connectivity index (χ1v) is 7.16. The van der Waals surface area contributed by atoms with Crippen LogP contribution >= 0.6 is 0 Å². The molecule has 0 aromatic heterocycles. The second kappa shape index (κ2) is 6.78. The van der Waals surface area contributed by atoms with Crippen LogP contribution in [0.3, 0.4) is 0 Å². The van der Waals surface area contributed by atoms with Crippen molar-refractivity contribution in [2.75, 3.05) is 49.6 Å². The van der Waals surface area contributed by atoms with Crippen LogP contribution in [0.25, 0.3) is 0 Å². The van der Waals surface area contributed by atoms with E-state index >= 15 is 0 Å². The summed E-state index contributed by atoms with van der Waals surface area (Å²) in [6, 6.07) is 8.41. The fourth-order valence-electron chi connectivity index (χ4n) is 2.52. The maximum Gasteiger partial charge on any atom is 0.0839 e. The number of fused-ring (bicyclic) bond motifs is 1. The molecule has 1 aromatic carbocycles. The van der Waals surface area contributed by atoms with Crippen molar-refractivity contribution in [2.45, 2.75) is 19.4 Å². The molecule has 2 N–H and O–H groups in total. The Balaban J connectivity index is 1.96. The first kappa shape index (κ1) is 14.2. The molecule has 1 aromatic rings. The van der Waals surface area contributed by atoms with Gasteiger partial charge in [0, 0.05) is 33.2 Å². The Kier molecular flexibility index (Phi) is 5.05. The summed E-state index contributed by atoms with van der Waals surface area (Å²) in [5.41, 5.74) is 2.48. The van der Waals surface area contributed by atoms with E-state index in [1.165, 1.54) is 11.4 Å². The standard InChI is InChI=1S/C15H25N3O/c1-3-8-16-11-13(19)12-18-10-9-17(2)14-6-4-5-7-15(14)18/h4-7,13,16,19H,3,8-12H2,1-2H3. The molecule has 0 spiro atoms. The second-order valence-corrected chi connectivity index (χ2v) is 5.21. The molecular formula is C15H25N3O. The van der Waals surface area contributed by atoms with E-state index in [4.69, 9.17) is 0 Å². The zero-order chi connectivity index (χ0) is 13.7. The Morgan fingerprint density at radius 3 is 2.74 bits per heavy atom. The lowest BCUT2D eigenvalue weighted by atomic mass is 10.1. The highest BCUT2D eigenvalue weighted by Gasteiger charge is 2.21. The maximum atomic E-state index is 10.1. The molecule has 0 amide bonds. The van der Waals surface area contributed by atoms with Crippen LogP contribution in [-0.4, -0.2) is 51.0 Å². The second-order valence-electron chi connectivity index (χ2n) is 5.21. The molecule has 0 radical (unpaired) electrons. The summed E-state index contributed by atoms with van der Waals surface area (Å²) in [6.07, 6.45) is 0.785. The lowest BCUT2D eigenvalue weighted by Gasteiger charge is -2.38. The van der Waals surface area contributed by atoms with Crippen LogP contribution in [-0.2, 0) is 0 Å². The number of rotatable bonds is 6. The molecule has 4 heteroatoms. The quantitative estimate of drug-likeness (QED) is 0.759. The van der Waals surface area contributed by atoms with E-state index < -0.39 is 0 Å². The molecule has 1 aliphatic rings. The largest absolute Gasteiger partial charge is 0.390 e. The van der Waals surface area contributed by atoms with Crippen molar-refractivity contribution in [1.29, 1.82) is 0 Å². The summed E-state index contributed by atoms with van der Waals surface area (Å²) < 4.78 is 0. The van der Waals surface area contributed by atoms with Crippen LogP contribution in [0.15, 0.2) is 24.3 Å². The average molecular weight is 263 g/mol. The first-order valence-electron chi connectivity index (χ1n) is 7.16. The van der Waals surface area contributed by atoms with Gasteiger partial charge in [-0.15, -0.1) is 0 Å². The van der Waals surface area contributed by atoms with Crippen LogP contribution in [0.1, 0.15) is 13.3 Å². The number of hydrogen-bond acceptors (Lipinski definition) is 4. The Morgan fingerprint density at radius 2 is 2.00 bits per heavy atom. The number of β-amino-alcohol motifs (C(OH)–C–C–N with tert-alkyl or cyclic N) is 1. The lowest BCUT2D eigenvalue weighted by molar-refractivity contribution is 0.176. The molecule has 0 saturated carbocycles. The fourth-order valence-corrected chi connectivity index (χ4v) is 2.52. The van der Waals surface area contributed by atoms with Gasteiger partial charge in [-0.3, -0.25) is 0 Å². The number of anilines is 2. The van der Waals surface area contributed by atoms with Crippen molar-refractivity contribution in [3.63, 3.8) is 0 Å². The summed E-state index contributed by atoms with van der Waals surface area (Å²) in [7, 11) is 2.12. The monoisotopic (exact) mass is 263 g/mol. The highest BCUT2D eigenvalue weighted by molar-refractivity contribution is 5.73. The van der Waals surface area contributed by atoms with E-state index in [1.54, 1.807) is 0 Å². The van der Waals surface area contributed by atoms with Crippen LogP contribution in [0, 0.1) is 0 Å². The Bertz CT molecular complexity index is 397. The van der Waals surface area contributed by atoms with Crippen molar-refractivity contribution >= 4 is 11.4 Å². The molecule has 4 nitrogen and oxygen atoms in total. The van der Waals surface area contributed by atoms with E-state index in [0.717, 1.165) is 26.1 Å². The van der Waals surface area contributed by atoms with Crippen LogP contribution in [0.2, 0.25) is 0 Å².